The van der Waals surface area contributed by atoms with Crippen molar-refractivity contribution in [2.75, 3.05) is 5.32 Å². The van der Waals surface area contributed by atoms with Crippen molar-refractivity contribution in [3.8, 4) is 5.69 Å². The Kier molecular flexibility index (Phi) is 4.67. The highest BCUT2D eigenvalue weighted by atomic mass is 19.1. The SMILES string of the molecule is C[C@H](NC(=O)Nc1cc2cnn(-c3ccc(F)cc3)c2cn1)c1ccccn1. The zero-order chi connectivity index (χ0) is 19.5. The molecule has 1 atom stereocenters. The highest BCUT2D eigenvalue weighted by molar-refractivity contribution is 5.91. The fourth-order valence-corrected chi connectivity index (χ4v) is 2.84. The Bertz CT molecular complexity index is 1110. The van der Waals surface area contributed by atoms with Crippen molar-refractivity contribution in [2.24, 2.45) is 0 Å². The van der Waals surface area contributed by atoms with E-state index >= 15 is 0 Å². The van der Waals surface area contributed by atoms with Gasteiger partial charge in [0.1, 0.15) is 11.6 Å². The molecule has 28 heavy (non-hydrogen) atoms. The fraction of sp³-hybridized carbons (Fsp3) is 0.100. The number of rotatable bonds is 4. The third-order valence-electron chi connectivity index (χ3n) is 4.25. The zero-order valence-corrected chi connectivity index (χ0v) is 15.0. The molecule has 140 valence electrons. The molecule has 0 unspecified atom stereocenters. The number of benzene rings is 1. The molecule has 8 heteroatoms. The molecule has 0 aliphatic heterocycles. The summed E-state index contributed by atoms with van der Waals surface area (Å²) in [7, 11) is 0. The molecule has 4 rings (SSSR count). The maximum atomic E-state index is 13.1. The molecule has 0 radical (unpaired) electrons. The second-order valence-electron chi connectivity index (χ2n) is 6.24. The van der Waals surface area contributed by atoms with Crippen molar-refractivity contribution < 1.29 is 9.18 Å². The molecule has 0 aliphatic carbocycles. The quantitative estimate of drug-likeness (QED) is 0.567. The molecule has 4 aromatic rings. The van der Waals surface area contributed by atoms with Crippen molar-refractivity contribution in [3.05, 3.63) is 78.6 Å². The van der Waals surface area contributed by atoms with Gasteiger partial charge in [0, 0.05) is 11.6 Å². The lowest BCUT2D eigenvalue weighted by atomic mass is 10.2. The summed E-state index contributed by atoms with van der Waals surface area (Å²) in [6, 6.07) is 12.7. The first-order valence-electron chi connectivity index (χ1n) is 8.68. The van der Waals surface area contributed by atoms with Gasteiger partial charge in [-0.3, -0.25) is 10.3 Å². The summed E-state index contributed by atoms with van der Waals surface area (Å²) >= 11 is 0. The van der Waals surface area contributed by atoms with E-state index in [1.807, 2.05) is 25.1 Å². The normalized spacial score (nSPS) is 11.9. The number of nitrogens with one attached hydrogen (secondary N) is 2. The number of amides is 2. The van der Waals surface area contributed by atoms with Crippen molar-refractivity contribution in [2.45, 2.75) is 13.0 Å². The summed E-state index contributed by atoms with van der Waals surface area (Å²) in [5.41, 5.74) is 2.24. The monoisotopic (exact) mass is 376 g/mol. The first-order valence-corrected chi connectivity index (χ1v) is 8.68. The van der Waals surface area contributed by atoms with Crippen LogP contribution in [0.4, 0.5) is 15.0 Å². The molecule has 3 heterocycles. The van der Waals surface area contributed by atoms with Gasteiger partial charge in [0.05, 0.1) is 35.3 Å². The zero-order valence-electron chi connectivity index (χ0n) is 15.0. The average molecular weight is 376 g/mol. The van der Waals surface area contributed by atoms with Crippen molar-refractivity contribution in [1.29, 1.82) is 0 Å². The molecular formula is C20H17FN6O. The van der Waals surface area contributed by atoms with E-state index in [0.29, 0.717) is 5.82 Å². The van der Waals surface area contributed by atoms with Crippen LogP contribution in [0.2, 0.25) is 0 Å². The summed E-state index contributed by atoms with van der Waals surface area (Å²) in [6.07, 6.45) is 4.96. The number of nitrogens with zero attached hydrogens (tertiary/aromatic N) is 4. The smallest absolute Gasteiger partial charge is 0.320 e. The summed E-state index contributed by atoms with van der Waals surface area (Å²) in [4.78, 5) is 20.7. The summed E-state index contributed by atoms with van der Waals surface area (Å²) in [5.74, 6) is 0.0904. The van der Waals surface area contributed by atoms with Gasteiger partial charge < -0.3 is 5.32 Å². The summed E-state index contributed by atoms with van der Waals surface area (Å²) < 4.78 is 14.8. The van der Waals surface area contributed by atoms with Gasteiger partial charge in [-0.2, -0.15) is 5.10 Å². The van der Waals surface area contributed by atoms with E-state index in [2.05, 4.69) is 25.7 Å². The van der Waals surface area contributed by atoms with Crippen molar-refractivity contribution >= 4 is 22.8 Å². The van der Waals surface area contributed by atoms with Crippen LogP contribution in [0.5, 0.6) is 0 Å². The number of halogens is 1. The largest absolute Gasteiger partial charge is 0.330 e. The van der Waals surface area contributed by atoms with E-state index in [1.54, 1.807) is 41.5 Å². The topological polar surface area (TPSA) is 84.7 Å². The lowest BCUT2D eigenvalue weighted by Gasteiger charge is -2.13. The molecular weight excluding hydrogens is 359 g/mol. The van der Waals surface area contributed by atoms with Gasteiger partial charge in [0.2, 0.25) is 0 Å². The lowest BCUT2D eigenvalue weighted by Crippen LogP contribution is -2.31. The molecule has 0 saturated carbocycles. The Morgan fingerprint density at radius 1 is 1.11 bits per heavy atom. The Balaban J connectivity index is 1.49. The minimum absolute atomic E-state index is 0.244. The first-order chi connectivity index (χ1) is 13.6. The molecule has 1 aromatic carbocycles. The number of anilines is 1. The molecule has 2 amide bonds. The maximum Gasteiger partial charge on any atom is 0.320 e. The van der Waals surface area contributed by atoms with Crippen molar-refractivity contribution in [1.82, 2.24) is 25.1 Å². The summed E-state index contributed by atoms with van der Waals surface area (Å²) in [6.45, 7) is 1.85. The standard InChI is InChI=1S/C20H17FN6O/c1-13(17-4-2-3-9-22-17)25-20(28)26-19-10-14-11-24-27(18(14)12-23-19)16-7-5-15(21)6-8-16/h2-13H,1H3,(H2,23,25,26,28)/t13-/m0/s1. The first kappa shape index (κ1) is 17.6. The molecule has 0 saturated heterocycles. The molecule has 3 aromatic heterocycles. The predicted octanol–water partition coefficient (Wildman–Crippen LogP) is 3.84. The highest BCUT2D eigenvalue weighted by Gasteiger charge is 2.12. The second kappa shape index (κ2) is 7.43. The number of fused-ring (bicyclic) bond motifs is 1. The average Bonchev–Trinajstić information content (AvgIpc) is 3.12. The molecule has 0 bridgehead atoms. The fourth-order valence-electron chi connectivity index (χ4n) is 2.84. The Hall–Kier alpha value is -3.81. The van der Waals surface area contributed by atoms with Crippen LogP contribution in [-0.2, 0) is 0 Å². The van der Waals surface area contributed by atoms with Crippen LogP contribution in [0.25, 0.3) is 16.6 Å². The van der Waals surface area contributed by atoms with Crippen LogP contribution in [0.1, 0.15) is 18.7 Å². The van der Waals surface area contributed by atoms with Crippen LogP contribution >= 0.6 is 0 Å². The number of pyridine rings is 2. The van der Waals surface area contributed by atoms with Gasteiger partial charge in [0.15, 0.2) is 0 Å². The minimum Gasteiger partial charge on any atom is -0.330 e. The molecule has 2 N–H and O–H groups in total. The predicted molar refractivity (Wildman–Crippen MR) is 104 cm³/mol. The van der Waals surface area contributed by atoms with Crippen LogP contribution in [0, 0.1) is 5.82 Å². The Morgan fingerprint density at radius 3 is 2.68 bits per heavy atom. The van der Waals surface area contributed by atoms with E-state index in [1.165, 1.54) is 12.1 Å². The van der Waals surface area contributed by atoms with Gasteiger partial charge in [-0.1, -0.05) is 6.07 Å². The van der Waals surface area contributed by atoms with E-state index < -0.39 is 0 Å². The third kappa shape index (κ3) is 3.66. The summed E-state index contributed by atoms with van der Waals surface area (Å²) in [5, 5.41) is 10.7. The van der Waals surface area contributed by atoms with Gasteiger partial charge in [-0.05, 0) is 49.4 Å². The van der Waals surface area contributed by atoms with Crippen LogP contribution < -0.4 is 10.6 Å². The van der Waals surface area contributed by atoms with Gasteiger partial charge >= 0.3 is 6.03 Å². The Labute approximate surface area is 160 Å². The molecule has 0 aliphatic rings. The second-order valence-corrected chi connectivity index (χ2v) is 6.24. The number of carbonyl (C=O) groups excluding carboxylic acids is 1. The van der Waals surface area contributed by atoms with Crippen LogP contribution in [0.15, 0.2) is 67.1 Å². The van der Waals surface area contributed by atoms with Crippen molar-refractivity contribution in [3.63, 3.8) is 0 Å². The van der Waals surface area contributed by atoms with E-state index in [0.717, 1.165) is 22.3 Å². The van der Waals surface area contributed by atoms with E-state index in [4.69, 9.17) is 0 Å². The number of hydrogen-bond donors (Lipinski definition) is 2. The van der Waals surface area contributed by atoms with E-state index in [-0.39, 0.29) is 17.9 Å². The molecule has 7 nitrogen and oxygen atoms in total. The maximum absolute atomic E-state index is 13.1. The minimum atomic E-state index is -0.379. The number of hydrogen-bond acceptors (Lipinski definition) is 4. The molecule has 0 spiro atoms. The van der Waals surface area contributed by atoms with Gasteiger partial charge in [0.25, 0.3) is 0 Å². The molecule has 0 fully saturated rings. The highest BCUT2D eigenvalue weighted by Crippen LogP contribution is 2.20. The van der Waals surface area contributed by atoms with Crippen LogP contribution in [0.3, 0.4) is 0 Å². The Morgan fingerprint density at radius 2 is 1.93 bits per heavy atom. The number of aromatic nitrogens is 4. The third-order valence-corrected chi connectivity index (χ3v) is 4.25. The lowest BCUT2D eigenvalue weighted by molar-refractivity contribution is 0.249. The van der Waals surface area contributed by atoms with Crippen LogP contribution in [-0.4, -0.2) is 25.8 Å². The van der Waals surface area contributed by atoms with E-state index in [9.17, 15) is 9.18 Å². The van der Waals surface area contributed by atoms with Gasteiger partial charge in [-0.15, -0.1) is 0 Å². The number of carbonyl (C=O) groups is 1. The van der Waals surface area contributed by atoms with Gasteiger partial charge in [-0.25, -0.2) is 18.9 Å². The number of urea groups is 1.